The molecule has 84 valence electrons. The molecule has 5 heteroatoms. The van der Waals surface area contributed by atoms with Crippen LogP contribution in [0.5, 0.6) is 0 Å². The minimum atomic E-state index is -0.512. The van der Waals surface area contributed by atoms with Gasteiger partial charge in [0.1, 0.15) is 0 Å². The first kappa shape index (κ1) is 13.4. The Labute approximate surface area is 84.9 Å². The highest BCUT2D eigenvalue weighted by Crippen LogP contribution is 2.04. The van der Waals surface area contributed by atoms with Crippen LogP contribution < -0.4 is 11.2 Å². The number of carbonyl (C=O) groups excluding carboxylic acids is 1. The van der Waals surface area contributed by atoms with E-state index in [0.29, 0.717) is 13.2 Å². The number of hydrogen-bond acceptors (Lipinski definition) is 4. The van der Waals surface area contributed by atoms with Gasteiger partial charge in [-0.3, -0.25) is 9.63 Å². The van der Waals surface area contributed by atoms with E-state index in [0.717, 1.165) is 6.42 Å². The summed E-state index contributed by atoms with van der Waals surface area (Å²) in [6.45, 7) is 4.69. The van der Waals surface area contributed by atoms with Crippen molar-refractivity contribution in [1.29, 1.82) is 0 Å². The molecular formula is C9H20N2O3. The van der Waals surface area contributed by atoms with Crippen molar-refractivity contribution in [1.82, 2.24) is 5.48 Å². The topological polar surface area (TPSA) is 73.6 Å². The van der Waals surface area contributed by atoms with Crippen molar-refractivity contribution >= 4 is 5.91 Å². The Kier molecular flexibility index (Phi) is 7.37. The fraction of sp³-hybridized carbons (Fsp3) is 0.889. The van der Waals surface area contributed by atoms with Crippen molar-refractivity contribution in [3.8, 4) is 0 Å². The molecule has 3 N–H and O–H groups in total. The van der Waals surface area contributed by atoms with Gasteiger partial charge in [-0.25, -0.2) is 5.48 Å². The quantitative estimate of drug-likeness (QED) is 0.454. The highest BCUT2D eigenvalue weighted by atomic mass is 16.7. The summed E-state index contributed by atoms with van der Waals surface area (Å²) >= 11 is 0. The van der Waals surface area contributed by atoms with Gasteiger partial charge in [0.15, 0.2) is 0 Å². The van der Waals surface area contributed by atoms with E-state index in [2.05, 4.69) is 5.48 Å². The van der Waals surface area contributed by atoms with E-state index in [1.807, 2.05) is 13.8 Å². The number of rotatable bonds is 7. The fourth-order valence-electron chi connectivity index (χ4n) is 0.828. The molecule has 0 rings (SSSR count). The van der Waals surface area contributed by atoms with Gasteiger partial charge in [-0.1, -0.05) is 20.3 Å². The van der Waals surface area contributed by atoms with E-state index in [4.69, 9.17) is 15.3 Å². The number of nitrogens with one attached hydrogen (secondary N) is 1. The molecule has 1 unspecified atom stereocenters. The van der Waals surface area contributed by atoms with Crippen molar-refractivity contribution < 1.29 is 14.4 Å². The molecule has 5 nitrogen and oxygen atoms in total. The third kappa shape index (κ3) is 5.16. The Morgan fingerprint density at radius 1 is 1.50 bits per heavy atom. The largest absolute Gasteiger partial charge is 0.382 e. The van der Waals surface area contributed by atoms with Crippen LogP contribution in [0.1, 0.15) is 20.3 Å². The second kappa shape index (κ2) is 7.73. The minimum absolute atomic E-state index is 0.154. The Balaban J connectivity index is 3.62. The predicted molar refractivity (Wildman–Crippen MR) is 53.4 cm³/mol. The summed E-state index contributed by atoms with van der Waals surface area (Å²) in [4.78, 5) is 16.2. The van der Waals surface area contributed by atoms with E-state index in [-0.39, 0.29) is 11.8 Å². The van der Waals surface area contributed by atoms with Crippen LogP contribution in [0.2, 0.25) is 0 Å². The highest BCUT2D eigenvalue weighted by molar-refractivity contribution is 5.80. The standard InChI is InChI=1S/C9H20N2O3/c1-4-7(2)8(10)9(12)11-14-6-5-13-3/h7-8H,4-6,10H2,1-3H3,(H,11,12)/t7?,8-/m0/s1. The third-order valence-electron chi connectivity index (χ3n) is 2.12. The third-order valence-corrected chi connectivity index (χ3v) is 2.12. The first-order valence-electron chi connectivity index (χ1n) is 4.79. The van der Waals surface area contributed by atoms with Crippen molar-refractivity contribution in [2.24, 2.45) is 11.7 Å². The lowest BCUT2D eigenvalue weighted by Gasteiger charge is -2.17. The molecule has 1 amide bonds. The summed E-state index contributed by atoms with van der Waals surface area (Å²) in [5.41, 5.74) is 7.95. The normalized spacial score (nSPS) is 14.9. The second-order valence-corrected chi connectivity index (χ2v) is 3.22. The number of amides is 1. The van der Waals surface area contributed by atoms with E-state index in [1.165, 1.54) is 0 Å². The molecule has 0 aliphatic heterocycles. The highest BCUT2D eigenvalue weighted by Gasteiger charge is 2.19. The maximum Gasteiger partial charge on any atom is 0.260 e. The summed E-state index contributed by atoms with van der Waals surface area (Å²) in [6, 6.07) is -0.512. The Morgan fingerprint density at radius 2 is 2.14 bits per heavy atom. The van der Waals surface area contributed by atoms with E-state index in [9.17, 15) is 4.79 Å². The molecule has 0 saturated carbocycles. The van der Waals surface area contributed by atoms with Crippen molar-refractivity contribution in [2.45, 2.75) is 26.3 Å². The molecule has 0 fully saturated rings. The molecule has 0 bridgehead atoms. The summed E-state index contributed by atoms with van der Waals surface area (Å²) in [5.74, 6) is -0.128. The molecule has 0 saturated heterocycles. The first-order chi connectivity index (χ1) is 6.63. The van der Waals surface area contributed by atoms with Crippen LogP contribution in [-0.2, 0) is 14.4 Å². The molecule has 0 aliphatic rings. The van der Waals surface area contributed by atoms with Gasteiger partial charge in [0.25, 0.3) is 5.91 Å². The molecule has 0 aliphatic carbocycles. The van der Waals surface area contributed by atoms with E-state index < -0.39 is 6.04 Å². The van der Waals surface area contributed by atoms with Crippen LogP contribution in [-0.4, -0.2) is 32.3 Å². The molecule has 0 aromatic carbocycles. The van der Waals surface area contributed by atoms with Crippen molar-refractivity contribution in [3.05, 3.63) is 0 Å². The zero-order valence-electron chi connectivity index (χ0n) is 9.08. The molecule has 0 heterocycles. The number of hydrogen-bond donors (Lipinski definition) is 2. The van der Waals surface area contributed by atoms with Gasteiger partial charge in [-0.05, 0) is 5.92 Å². The number of carbonyl (C=O) groups is 1. The fourth-order valence-corrected chi connectivity index (χ4v) is 0.828. The molecule has 0 aromatic heterocycles. The van der Waals surface area contributed by atoms with Crippen LogP contribution in [0, 0.1) is 5.92 Å². The zero-order chi connectivity index (χ0) is 11.0. The summed E-state index contributed by atoms with van der Waals surface area (Å²) < 4.78 is 4.75. The lowest BCUT2D eigenvalue weighted by molar-refractivity contribution is -0.137. The van der Waals surface area contributed by atoms with E-state index in [1.54, 1.807) is 7.11 Å². The van der Waals surface area contributed by atoms with Gasteiger partial charge in [0, 0.05) is 7.11 Å². The Hall–Kier alpha value is -0.650. The number of nitrogens with two attached hydrogens (primary N) is 1. The van der Waals surface area contributed by atoms with E-state index >= 15 is 0 Å². The molecule has 0 spiro atoms. The van der Waals surface area contributed by atoms with Gasteiger partial charge in [0.2, 0.25) is 0 Å². The summed E-state index contributed by atoms with van der Waals surface area (Å²) in [7, 11) is 1.57. The molecule has 14 heavy (non-hydrogen) atoms. The van der Waals surface area contributed by atoms with Crippen LogP contribution in [0.15, 0.2) is 0 Å². The minimum Gasteiger partial charge on any atom is -0.382 e. The first-order valence-corrected chi connectivity index (χ1v) is 4.79. The van der Waals surface area contributed by atoms with Crippen LogP contribution >= 0.6 is 0 Å². The average molecular weight is 204 g/mol. The molecule has 0 aromatic rings. The van der Waals surface area contributed by atoms with Gasteiger partial charge in [0.05, 0.1) is 19.3 Å². The van der Waals surface area contributed by atoms with Crippen LogP contribution in [0.4, 0.5) is 0 Å². The van der Waals surface area contributed by atoms with Gasteiger partial charge < -0.3 is 10.5 Å². The lowest BCUT2D eigenvalue weighted by atomic mass is 10.00. The maximum atomic E-state index is 11.3. The lowest BCUT2D eigenvalue weighted by Crippen LogP contribution is -2.44. The Bertz CT molecular complexity index is 164. The summed E-state index contributed by atoms with van der Waals surface area (Å²) in [6.07, 6.45) is 0.868. The maximum absolute atomic E-state index is 11.3. The summed E-state index contributed by atoms with van der Waals surface area (Å²) in [5, 5.41) is 0. The number of methoxy groups -OCH3 is 1. The predicted octanol–water partition coefficient (Wildman–Crippen LogP) is 0.0540. The van der Waals surface area contributed by atoms with Crippen LogP contribution in [0.3, 0.4) is 0 Å². The molecule has 0 radical (unpaired) electrons. The average Bonchev–Trinajstić information content (AvgIpc) is 2.21. The molecular weight excluding hydrogens is 184 g/mol. The van der Waals surface area contributed by atoms with Crippen LogP contribution in [0.25, 0.3) is 0 Å². The van der Waals surface area contributed by atoms with Gasteiger partial charge in [-0.2, -0.15) is 0 Å². The SMILES string of the molecule is CCC(C)[C@H](N)C(=O)NOCCOC. The van der Waals surface area contributed by atoms with Crippen molar-refractivity contribution in [2.75, 3.05) is 20.3 Å². The number of hydroxylamine groups is 1. The Morgan fingerprint density at radius 3 is 2.64 bits per heavy atom. The van der Waals surface area contributed by atoms with Gasteiger partial charge in [-0.15, -0.1) is 0 Å². The monoisotopic (exact) mass is 204 g/mol. The zero-order valence-corrected chi connectivity index (χ0v) is 9.08. The van der Waals surface area contributed by atoms with Gasteiger partial charge >= 0.3 is 0 Å². The second-order valence-electron chi connectivity index (χ2n) is 3.22. The number of ether oxygens (including phenoxy) is 1. The molecule has 2 atom stereocenters. The smallest absolute Gasteiger partial charge is 0.260 e. The van der Waals surface area contributed by atoms with Crippen molar-refractivity contribution in [3.63, 3.8) is 0 Å².